The number of pyridine rings is 1. The highest BCUT2D eigenvalue weighted by molar-refractivity contribution is 9.10. The molecule has 0 saturated carbocycles. The summed E-state index contributed by atoms with van der Waals surface area (Å²) in [5, 5.41) is 1.79. The average molecular weight is 362 g/mol. The van der Waals surface area contributed by atoms with Crippen molar-refractivity contribution in [3.63, 3.8) is 0 Å². The van der Waals surface area contributed by atoms with E-state index in [-0.39, 0.29) is 0 Å². The fourth-order valence-electron chi connectivity index (χ4n) is 2.47. The molecular formula is C16H16BrN3S. The van der Waals surface area contributed by atoms with E-state index >= 15 is 0 Å². The molecular weight excluding hydrogens is 346 g/mol. The first-order valence-corrected chi connectivity index (χ1v) is 8.43. The molecule has 0 fully saturated rings. The monoisotopic (exact) mass is 361 g/mol. The van der Waals surface area contributed by atoms with Crippen LogP contribution in [0.1, 0.15) is 35.9 Å². The number of hydrogen-bond acceptors (Lipinski definition) is 4. The minimum atomic E-state index is 0.380. The van der Waals surface area contributed by atoms with E-state index in [4.69, 9.17) is 5.73 Å². The Morgan fingerprint density at radius 3 is 2.90 bits per heavy atom. The zero-order valence-electron chi connectivity index (χ0n) is 11.9. The van der Waals surface area contributed by atoms with Gasteiger partial charge >= 0.3 is 0 Å². The Kier molecular flexibility index (Phi) is 3.95. The van der Waals surface area contributed by atoms with Gasteiger partial charge in [-0.3, -0.25) is 4.98 Å². The van der Waals surface area contributed by atoms with Gasteiger partial charge in [0.2, 0.25) is 0 Å². The summed E-state index contributed by atoms with van der Waals surface area (Å²) in [7, 11) is 0. The number of nitrogens with two attached hydrogens (primary N) is 1. The number of para-hydroxylation sites is 1. The van der Waals surface area contributed by atoms with E-state index in [1.807, 2.05) is 6.20 Å². The molecule has 0 spiro atoms. The fourth-order valence-corrected chi connectivity index (χ4v) is 3.83. The van der Waals surface area contributed by atoms with Crippen LogP contribution in [0.25, 0.3) is 10.9 Å². The first-order chi connectivity index (χ1) is 10.0. The lowest BCUT2D eigenvalue weighted by Gasteiger charge is -2.08. The van der Waals surface area contributed by atoms with Crippen molar-refractivity contribution < 1.29 is 0 Å². The third-order valence-corrected chi connectivity index (χ3v) is 4.74. The van der Waals surface area contributed by atoms with Crippen molar-refractivity contribution >= 4 is 43.3 Å². The molecule has 5 heteroatoms. The maximum absolute atomic E-state index is 5.89. The maximum atomic E-state index is 5.89. The van der Waals surface area contributed by atoms with Crippen LogP contribution in [-0.4, -0.2) is 9.97 Å². The molecule has 1 aromatic carbocycles. The summed E-state index contributed by atoms with van der Waals surface area (Å²) in [5.41, 5.74) is 9.25. The van der Waals surface area contributed by atoms with E-state index in [1.54, 1.807) is 11.3 Å². The van der Waals surface area contributed by atoms with Crippen molar-refractivity contribution in [2.24, 2.45) is 0 Å². The number of nitrogen functional groups attached to an aromatic ring is 1. The topological polar surface area (TPSA) is 51.8 Å². The Balaban J connectivity index is 2.06. The van der Waals surface area contributed by atoms with Crippen molar-refractivity contribution in [2.45, 2.75) is 26.2 Å². The van der Waals surface area contributed by atoms with Gasteiger partial charge in [0.25, 0.3) is 0 Å². The van der Waals surface area contributed by atoms with Crippen LogP contribution in [0.3, 0.4) is 0 Å². The van der Waals surface area contributed by atoms with Crippen LogP contribution in [-0.2, 0) is 6.42 Å². The molecule has 3 aromatic rings. The lowest BCUT2D eigenvalue weighted by atomic mass is 10.0. The molecule has 0 unspecified atom stereocenters. The lowest BCUT2D eigenvalue weighted by molar-refractivity contribution is 0.820. The summed E-state index contributed by atoms with van der Waals surface area (Å²) in [4.78, 5) is 10.3. The number of benzene rings is 1. The SMILES string of the molecule is CC(C)c1nc(N)sc1Cc1cccc2cc(Br)cnc12. The number of anilines is 1. The first-order valence-electron chi connectivity index (χ1n) is 6.83. The third-order valence-electron chi connectivity index (χ3n) is 3.40. The van der Waals surface area contributed by atoms with Gasteiger partial charge in [0.15, 0.2) is 5.13 Å². The van der Waals surface area contributed by atoms with Gasteiger partial charge < -0.3 is 5.73 Å². The lowest BCUT2D eigenvalue weighted by Crippen LogP contribution is -1.96. The standard InChI is InChI=1S/C16H16BrN3S/c1-9(2)14-13(21-16(18)20-14)7-11-5-3-4-10-6-12(17)8-19-15(10)11/h3-6,8-9H,7H2,1-2H3,(H2,18,20). The Morgan fingerprint density at radius 1 is 1.33 bits per heavy atom. The molecule has 3 rings (SSSR count). The van der Waals surface area contributed by atoms with Crippen LogP contribution in [0.15, 0.2) is 34.9 Å². The van der Waals surface area contributed by atoms with Crippen molar-refractivity contribution in [1.29, 1.82) is 0 Å². The van der Waals surface area contributed by atoms with Gasteiger partial charge in [0, 0.05) is 27.4 Å². The van der Waals surface area contributed by atoms with Crippen molar-refractivity contribution in [3.05, 3.63) is 51.1 Å². The van der Waals surface area contributed by atoms with Crippen molar-refractivity contribution in [1.82, 2.24) is 9.97 Å². The van der Waals surface area contributed by atoms with Crippen molar-refractivity contribution in [3.8, 4) is 0 Å². The number of thiazole rings is 1. The summed E-state index contributed by atoms with van der Waals surface area (Å²) >= 11 is 5.05. The van der Waals surface area contributed by atoms with E-state index in [0.29, 0.717) is 11.0 Å². The fraction of sp³-hybridized carbons (Fsp3) is 0.250. The smallest absolute Gasteiger partial charge is 0.180 e. The van der Waals surface area contributed by atoms with Gasteiger partial charge in [-0.1, -0.05) is 32.0 Å². The van der Waals surface area contributed by atoms with E-state index in [0.717, 1.165) is 27.5 Å². The van der Waals surface area contributed by atoms with Crippen LogP contribution >= 0.6 is 27.3 Å². The Labute approximate surface area is 136 Å². The van der Waals surface area contributed by atoms with Crippen LogP contribution in [0.5, 0.6) is 0 Å². The molecule has 3 nitrogen and oxygen atoms in total. The van der Waals surface area contributed by atoms with E-state index < -0.39 is 0 Å². The van der Waals surface area contributed by atoms with Gasteiger partial charge in [-0.05, 0) is 33.5 Å². The second-order valence-electron chi connectivity index (χ2n) is 5.33. The highest BCUT2D eigenvalue weighted by Crippen LogP contribution is 2.30. The zero-order chi connectivity index (χ0) is 15.0. The summed E-state index contributed by atoms with van der Waals surface area (Å²) in [6.07, 6.45) is 2.67. The number of nitrogens with zero attached hydrogens (tertiary/aromatic N) is 2. The quantitative estimate of drug-likeness (QED) is 0.732. The van der Waals surface area contributed by atoms with Crippen LogP contribution in [0.4, 0.5) is 5.13 Å². The highest BCUT2D eigenvalue weighted by atomic mass is 79.9. The van der Waals surface area contributed by atoms with Crippen LogP contribution in [0.2, 0.25) is 0 Å². The van der Waals surface area contributed by atoms with Crippen LogP contribution in [0, 0.1) is 0 Å². The van der Waals surface area contributed by atoms with Gasteiger partial charge in [0.1, 0.15) is 0 Å². The Hall–Kier alpha value is -1.46. The minimum absolute atomic E-state index is 0.380. The number of hydrogen-bond donors (Lipinski definition) is 1. The molecule has 0 bridgehead atoms. The van der Waals surface area contributed by atoms with Gasteiger partial charge in [-0.25, -0.2) is 4.98 Å². The number of fused-ring (bicyclic) bond motifs is 1. The maximum Gasteiger partial charge on any atom is 0.180 e. The van der Waals surface area contributed by atoms with E-state index in [2.05, 4.69) is 64.0 Å². The number of halogens is 1. The summed E-state index contributed by atoms with van der Waals surface area (Å²) in [6.45, 7) is 4.30. The van der Waals surface area contributed by atoms with Gasteiger partial charge in [0.05, 0.1) is 11.2 Å². The molecule has 108 valence electrons. The zero-order valence-corrected chi connectivity index (χ0v) is 14.3. The largest absolute Gasteiger partial charge is 0.375 e. The summed E-state index contributed by atoms with van der Waals surface area (Å²) < 4.78 is 0.997. The minimum Gasteiger partial charge on any atom is -0.375 e. The summed E-state index contributed by atoms with van der Waals surface area (Å²) in [5.74, 6) is 0.380. The average Bonchev–Trinajstić information content (AvgIpc) is 2.80. The molecule has 0 aliphatic carbocycles. The number of rotatable bonds is 3. The first kappa shape index (κ1) is 14.5. The molecule has 0 radical (unpaired) electrons. The molecule has 0 amide bonds. The normalized spacial score (nSPS) is 11.4. The highest BCUT2D eigenvalue weighted by Gasteiger charge is 2.14. The van der Waals surface area contributed by atoms with E-state index in [9.17, 15) is 0 Å². The molecule has 0 saturated heterocycles. The molecule has 2 aromatic heterocycles. The van der Waals surface area contributed by atoms with Crippen molar-refractivity contribution in [2.75, 3.05) is 5.73 Å². The number of aromatic nitrogens is 2. The van der Waals surface area contributed by atoms with Gasteiger partial charge in [-0.15, -0.1) is 11.3 Å². The molecule has 2 N–H and O–H groups in total. The predicted molar refractivity (Wildman–Crippen MR) is 92.9 cm³/mol. The molecule has 21 heavy (non-hydrogen) atoms. The molecule has 0 aliphatic heterocycles. The van der Waals surface area contributed by atoms with E-state index in [1.165, 1.54) is 10.4 Å². The third kappa shape index (κ3) is 2.94. The second kappa shape index (κ2) is 5.73. The second-order valence-corrected chi connectivity index (χ2v) is 7.37. The van der Waals surface area contributed by atoms with Crippen LogP contribution < -0.4 is 5.73 Å². The Bertz CT molecular complexity index is 795. The molecule has 0 aliphatic rings. The van der Waals surface area contributed by atoms with Gasteiger partial charge in [-0.2, -0.15) is 0 Å². The predicted octanol–water partition coefficient (Wildman–Crippen LogP) is 4.75. The summed E-state index contributed by atoms with van der Waals surface area (Å²) in [6, 6.07) is 8.38. The Morgan fingerprint density at radius 2 is 2.14 bits per heavy atom. The molecule has 2 heterocycles. The molecule has 0 atom stereocenters.